The van der Waals surface area contributed by atoms with Crippen LogP contribution in [0.1, 0.15) is 34.3 Å². The zero-order valence-electron chi connectivity index (χ0n) is 18.8. The molecule has 0 bridgehead atoms. The Kier molecular flexibility index (Phi) is 6.64. The number of hydrogen-bond acceptors (Lipinski definition) is 4. The van der Waals surface area contributed by atoms with Gasteiger partial charge in [0.05, 0.1) is 19.8 Å². The van der Waals surface area contributed by atoms with Crippen LogP contribution < -0.4 is 19.5 Å². The molecule has 0 atom stereocenters. The summed E-state index contributed by atoms with van der Waals surface area (Å²) in [6.45, 7) is 3.12. The van der Waals surface area contributed by atoms with Crippen LogP contribution in [0.4, 0.5) is 0 Å². The summed E-state index contributed by atoms with van der Waals surface area (Å²) >= 11 is 0. The fraction of sp³-hybridized carbons (Fsp3) is 0.296. The van der Waals surface area contributed by atoms with Crippen molar-refractivity contribution >= 4 is 5.91 Å². The van der Waals surface area contributed by atoms with Crippen LogP contribution in [0.25, 0.3) is 11.1 Å². The first kappa shape index (κ1) is 21.8. The van der Waals surface area contributed by atoms with Crippen molar-refractivity contribution in [2.24, 2.45) is 5.92 Å². The van der Waals surface area contributed by atoms with Crippen molar-refractivity contribution in [1.82, 2.24) is 5.32 Å². The Bertz CT molecular complexity index is 1090. The minimum Gasteiger partial charge on any atom is -0.497 e. The number of ether oxygens (including phenoxy) is 3. The van der Waals surface area contributed by atoms with Crippen LogP contribution in [-0.4, -0.2) is 26.7 Å². The minimum absolute atomic E-state index is 0.102. The summed E-state index contributed by atoms with van der Waals surface area (Å²) in [5.41, 5.74) is 4.67. The van der Waals surface area contributed by atoms with E-state index < -0.39 is 0 Å². The normalized spacial score (nSPS) is 12.8. The lowest BCUT2D eigenvalue weighted by Gasteiger charge is -2.15. The molecule has 1 fully saturated rings. The second kappa shape index (κ2) is 9.77. The lowest BCUT2D eigenvalue weighted by atomic mass is 9.98. The van der Waals surface area contributed by atoms with E-state index in [-0.39, 0.29) is 5.91 Å². The second-order valence-electron chi connectivity index (χ2n) is 8.18. The van der Waals surface area contributed by atoms with Crippen molar-refractivity contribution in [2.45, 2.75) is 26.4 Å². The van der Waals surface area contributed by atoms with Gasteiger partial charge in [-0.15, -0.1) is 0 Å². The van der Waals surface area contributed by atoms with Crippen molar-refractivity contribution in [3.63, 3.8) is 0 Å². The number of aryl methyl sites for hydroxylation is 1. The van der Waals surface area contributed by atoms with E-state index in [2.05, 4.69) is 5.32 Å². The average molecular weight is 432 g/mol. The van der Waals surface area contributed by atoms with E-state index in [4.69, 9.17) is 14.2 Å². The summed E-state index contributed by atoms with van der Waals surface area (Å²) in [5.74, 6) is 2.69. The molecule has 3 aromatic rings. The number of methoxy groups -OCH3 is 2. The van der Waals surface area contributed by atoms with Crippen LogP contribution in [0, 0.1) is 12.8 Å². The van der Waals surface area contributed by atoms with Gasteiger partial charge in [-0.2, -0.15) is 0 Å². The lowest BCUT2D eigenvalue weighted by Crippen LogP contribution is -2.26. The number of rotatable bonds is 9. The Hall–Kier alpha value is -3.47. The predicted molar refractivity (Wildman–Crippen MR) is 126 cm³/mol. The first-order chi connectivity index (χ1) is 15.6. The summed E-state index contributed by atoms with van der Waals surface area (Å²) in [4.78, 5) is 13.0. The van der Waals surface area contributed by atoms with Gasteiger partial charge in [-0.3, -0.25) is 4.79 Å². The molecule has 5 nitrogen and oxygen atoms in total. The SMILES string of the molecule is COc1ccc(COc2ccc(-c3ccc(OC)cc3C)cc2C(=O)NCC2CC2)cc1. The number of amides is 1. The number of carbonyl (C=O) groups is 1. The molecule has 0 unspecified atom stereocenters. The molecule has 0 radical (unpaired) electrons. The Balaban J connectivity index is 1.59. The van der Waals surface area contributed by atoms with Gasteiger partial charge in [0, 0.05) is 6.54 Å². The van der Waals surface area contributed by atoms with Crippen molar-refractivity contribution in [1.29, 1.82) is 0 Å². The third-order valence-electron chi connectivity index (χ3n) is 5.77. The molecule has 4 rings (SSSR count). The largest absolute Gasteiger partial charge is 0.497 e. The Labute approximate surface area is 189 Å². The molecule has 0 saturated heterocycles. The van der Waals surface area contributed by atoms with E-state index in [0.717, 1.165) is 33.8 Å². The molecule has 166 valence electrons. The molecule has 1 aliphatic carbocycles. The van der Waals surface area contributed by atoms with E-state index >= 15 is 0 Å². The Morgan fingerprint density at radius 1 is 0.938 bits per heavy atom. The van der Waals surface area contributed by atoms with Crippen molar-refractivity contribution in [3.8, 4) is 28.4 Å². The molecule has 32 heavy (non-hydrogen) atoms. The third-order valence-corrected chi connectivity index (χ3v) is 5.77. The van der Waals surface area contributed by atoms with Gasteiger partial charge in [0.2, 0.25) is 0 Å². The number of hydrogen-bond donors (Lipinski definition) is 1. The number of benzene rings is 3. The summed E-state index contributed by atoms with van der Waals surface area (Å²) in [7, 11) is 3.30. The molecule has 1 N–H and O–H groups in total. The molecule has 0 spiro atoms. The Morgan fingerprint density at radius 2 is 1.66 bits per heavy atom. The summed E-state index contributed by atoms with van der Waals surface area (Å²) in [6, 6.07) is 19.5. The number of carbonyl (C=O) groups excluding carboxylic acids is 1. The Morgan fingerprint density at radius 3 is 2.31 bits per heavy atom. The molecule has 1 aliphatic rings. The zero-order chi connectivity index (χ0) is 22.5. The van der Waals surface area contributed by atoms with Crippen molar-refractivity contribution < 1.29 is 19.0 Å². The summed E-state index contributed by atoms with van der Waals surface area (Å²) in [6.07, 6.45) is 2.37. The van der Waals surface area contributed by atoms with Crippen LogP contribution in [0.5, 0.6) is 17.2 Å². The molecule has 0 aromatic heterocycles. The third kappa shape index (κ3) is 5.22. The van der Waals surface area contributed by atoms with Gasteiger partial charge in [-0.05, 0) is 84.3 Å². The van der Waals surface area contributed by atoms with E-state index in [1.54, 1.807) is 14.2 Å². The van der Waals surface area contributed by atoms with Crippen LogP contribution in [0.3, 0.4) is 0 Å². The predicted octanol–water partition coefficient (Wildman–Crippen LogP) is 5.40. The fourth-order valence-electron chi connectivity index (χ4n) is 3.62. The maximum atomic E-state index is 13.0. The van der Waals surface area contributed by atoms with Crippen molar-refractivity contribution in [3.05, 3.63) is 77.4 Å². The molecule has 0 heterocycles. The summed E-state index contributed by atoms with van der Waals surface area (Å²) < 4.78 is 16.6. The molecule has 3 aromatic carbocycles. The van der Waals surface area contributed by atoms with Gasteiger partial charge in [0.15, 0.2) is 0 Å². The van der Waals surface area contributed by atoms with Gasteiger partial charge in [0.25, 0.3) is 5.91 Å². The molecular weight excluding hydrogens is 402 g/mol. The average Bonchev–Trinajstić information content (AvgIpc) is 3.66. The molecule has 1 saturated carbocycles. The van der Waals surface area contributed by atoms with E-state index in [0.29, 0.717) is 30.4 Å². The second-order valence-corrected chi connectivity index (χ2v) is 8.18. The maximum Gasteiger partial charge on any atom is 0.255 e. The first-order valence-corrected chi connectivity index (χ1v) is 10.9. The maximum absolute atomic E-state index is 13.0. The van der Waals surface area contributed by atoms with E-state index in [1.165, 1.54) is 12.8 Å². The van der Waals surface area contributed by atoms with Gasteiger partial charge in [-0.25, -0.2) is 0 Å². The molecule has 0 aliphatic heterocycles. The highest BCUT2D eigenvalue weighted by Gasteiger charge is 2.23. The quantitative estimate of drug-likeness (QED) is 0.493. The van der Waals surface area contributed by atoms with E-state index in [9.17, 15) is 4.79 Å². The monoisotopic (exact) mass is 431 g/mol. The van der Waals surface area contributed by atoms with Gasteiger partial charge in [0.1, 0.15) is 23.9 Å². The van der Waals surface area contributed by atoms with Crippen molar-refractivity contribution in [2.75, 3.05) is 20.8 Å². The topological polar surface area (TPSA) is 56.8 Å². The van der Waals surface area contributed by atoms with Crippen LogP contribution in [0.2, 0.25) is 0 Å². The summed E-state index contributed by atoms with van der Waals surface area (Å²) in [5, 5.41) is 3.07. The highest BCUT2D eigenvalue weighted by Crippen LogP contribution is 2.32. The number of nitrogens with one attached hydrogen (secondary N) is 1. The molecule has 1 amide bonds. The highest BCUT2D eigenvalue weighted by atomic mass is 16.5. The van der Waals surface area contributed by atoms with Crippen LogP contribution in [0.15, 0.2) is 60.7 Å². The van der Waals surface area contributed by atoms with Crippen LogP contribution >= 0.6 is 0 Å². The molecular formula is C27H29NO4. The lowest BCUT2D eigenvalue weighted by molar-refractivity contribution is 0.0947. The molecule has 5 heteroatoms. The minimum atomic E-state index is -0.102. The van der Waals surface area contributed by atoms with E-state index in [1.807, 2.05) is 67.6 Å². The zero-order valence-corrected chi connectivity index (χ0v) is 18.8. The first-order valence-electron chi connectivity index (χ1n) is 10.9. The van der Waals surface area contributed by atoms with Gasteiger partial charge in [-0.1, -0.05) is 24.3 Å². The standard InChI is InChI=1S/C27H29NO4/c1-18-14-23(31-3)11-12-24(18)21-8-13-26(25(15-21)27(29)28-16-19-4-5-19)32-17-20-6-9-22(30-2)10-7-20/h6-15,19H,4-5,16-17H2,1-3H3,(H,28,29). The van der Waals surface area contributed by atoms with Gasteiger partial charge >= 0.3 is 0 Å². The fourth-order valence-corrected chi connectivity index (χ4v) is 3.62. The van der Waals surface area contributed by atoms with Crippen LogP contribution in [-0.2, 0) is 6.61 Å². The smallest absolute Gasteiger partial charge is 0.255 e. The van der Waals surface area contributed by atoms with Gasteiger partial charge < -0.3 is 19.5 Å². The highest BCUT2D eigenvalue weighted by molar-refractivity contribution is 5.98.